The van der Waals surface area contributed by atoms with Gasteiger partial charge in [0.15, 0.2) is 0 Å². The van der Waals surface area contributed by atoms with Gasteiger partial charge in [0.1, 0.15) is 0 Å². The van der Waals surface area contributed by atoms with E-state index in [0.717, 1.165) is 23.4 Å². The fraction of sp³-hybridized carbons (Fsp3) is 0.174. The third kappa shape index (κ3) is 4.26. The van der Waals surface area contributed by atoms with Crippen LogP contribution in [0.5, 0.6) is 0 Å². The number of carbonyl (C=O) groups is 2. The Balaban J connectivity index is 1.83. The first-order chi connectivity index (χ1) is 13.6. The molecule has 3 rings (SSSR count). The molecular weight excluding hydrogens is 350 g/mol. The Bertz CT molecular complexity index is 970. The predicted octanol–water partition coefficient (Wildman–Crippen LogP) is 4.56. The highest BCUT2D eigenvalue weighted by Crippen LogP contribution is 2.19. The second-order valence-electron chi connectivity index (χ2n) is 6.31. The number of para-hydroxylation sites is 2. The normalized spacial score (nSPS) is 10.4. The van der Waals surface area contributed by atoms with Gasteiger partial charge in [-0.1, -0.05) is 43.3 Å². The number of nitrogens with one attached hydrogen (secondary N) is 1. The van der Waals surface area contributed by atoms with Crippen molar-refractivity contribution in [2.24, 2.45) is 0 Å². The van der Waals surface area contributed by atoms with Crippen molar-refractivity contribution in [1.29, 1.82) is 0 Å². The first kappa shape index (κ1) is 19.3. The Kier molecular flexibility index (Phi) is 6.17. The first-order valence-corrected chi connectivity index (χ1v) is 9.35. The highest BCUT2D eigenvalue weighted by molar-refractivity contribution is 6.09. The molecular formula is C23H23N3O2. The van der Waals surface area contributed by atoms with E-state index in [-0.39, 0.29) is 11.8 Å². The summed E-state index contributed by atoms with van der Waals surface area (Å²) in [6, 6.07) is 18.7. The van der Waals surface area contributed by atoms with E-state index >= 15 is 0 Å². The molecule has 0 radical (unpaired) electrons. The van der Waals surface area contributed by atoms with Gasteiger partial charge < -0.3 is 10.2 Å². The van der Waals surface area contributed by atoms with E-state index in [0.29, 0.717) is 17.7 Å². The van der Waals surface area contributed by atoms with E-state index in [1.807, 2.05) is 68.4 Å². The lowest BCUT2D eigenvalue weighted by Gasteiger charge is -2.21. The van der Waals surface area contributed by atoms with Crippen LogP contribution in [-0.2, 0) is 6.42 Å². The zero-order valence-corrected chi connectivity index (χ0v) is 16.1. The Morgan fingerprint density at radius 1 is 0.929 bits per heavy atom. The second-order valence-corrected chi connectivity index (χ2v) is 6.31. The monoisotopic (exact) mass is 373 g/mol. The Morgan fingerprint density at radius 3 is 2.32 bits per heavy atom. The molecule has 0 saturated carbocycles. The fourth-order valence-electron chi connectivity index (χ4n) is 3.03. The Morgan fingerprint density at radius 2 is 1.61 bits per heavy atom. The third-order valence-electron chi connectivity index (χ3n) is 4.52. The van der Waals surface area contributed by atoms with Gasteiger partial charge in [-0.3, -0.25) is 14.6 Å². The maximum absolute atomic E-state index is 13.0. The van der Waals surface area contributed by atoms with E-state index in [9.17, 15) is 9.59 Å². The van der Waals surface area contributed by atoms with Crippen LogP contribution in [0.3, 0.4) is 0 Å². The number of nitrogens with zero attached hydrogens (tertiary/aromatic N) is 2. The summed E-state index contributed by atoms with van der Waals surface area (Å²) in [7, 11) is 0. The summed E-state index contributed by atoms with van der Waals surface area (Å²) in [5, 5.41) is 2.91. The van der Waals surface area contributed by atoms with Crippen LogP contribution in [0, 0.1) is 0 Å². The number of aryl methyl sites for hydroxylation is 1. The third-order valence-corrected chi connectivity index (χ3v) is 4.52. The number of pyridine rings is 1. The van der Waals surface area contributed by atoms with Gasteiger partial charge in [0.25, 0.3) is 11.8 Å². The van der Waals surface area contributed by atoms with Crippen molar-refractivity contribution >= 4 is 23.2 Å². The maximum atomic E-state index is 13.0. The molecule has 0 aliphatic carbocycles. The smallest absolute Gasteiger partial charge is 0.259 e. The van der Waals surface area contributed by atoms with Crippen molar-refractivity contribution in [2.45, 2.75) is 20.3 Å². The molecule has 1 aromatic heterocycles. The quantitative estimate of drug-likeness (QED) is 0.689. The van der Waals surface area contributed by atoms with E-state index in [4.69, 9.17) is 0 Å². The maximum Gasteiger partial charge on any atom is 0.259 e. The molecule has 1 N–H and O–H groups in total. The summed E-state index contributed by atoms with van der Waals surface area (Å²) in [5.74, 6) is -0.476. The van der Waals surface area contributed by atoms with E-state index < -0.39 is 0 Å². The van der Waals surface area contributed by atoms with Crippen LogP contribution in [0.25, 0.3) is 0 Å². The average molecular weight is 373 g/mol. The van der Waals surface area contributed by atoms with Crippen LogP contribution in [0.2, 0.25) is 0 Å². The molecule has 0 aliphatic heterocycles. The average Bonchev–Trinajstić information content (AvgIpc) is 2.75. The molecule has 5 heteroatoms. The molecule has 2 amide bonds. The minimum atomic E-state index is -0.286. The number of hydrogen-bond donors (Lipinski definition) is 1. The van der Waals surface area contributed by atoms with Gasteiger partial charge in [-0.25, -0.2) is 0 Å². The number of carbonyl (C=O) groups excluding carboxylic acids is 2. The molecule has 5 nitrogen and oxygen atoms in total. The Hall–Kier alpha value is -3.47. The zero-order chi connectivity index (χ0) is 19.9. The molecule has 3 aromatic rings. The summed E-state index contributed by atoms with van der Waals surface area (Å²) >= 11 is 0. The van der Waals surface area contributed by atoms with Crippen molar-refractivity contribution in [2.75, 3.05) is 16.8 Å². The van der Waals surface area contributed by atoms with Crippen LogP contribution >= 0.6 is 0 Å². The topological polar surface area (TPSA) is 62.3 Å². The number of rotatable bonds is 6. The minimum absolute atomic E-state index is 0.190. The van der Waals surface area contributed by atoms with Gasteiger partial charge in [0.05, 0.1) is 11.1 Å². The summed E-state index contributed by atoms with van der Waals surface area (Å²) < 4.78 is 0. The Labute approximate surface area is 165 Å². The van der Waals surface area contributed by atoms with Gasteiger partial charge in [0, 0.05) is 30.3 Å². The van der Waals surface area contributed by atoms with Crippen LogP contribution in [0.1, 0.15) is 40.1 Å². The lowest BCUT2D eigenvalue weighted by Crippen LogP contribution is -2.31. The van der Waals surface area contributed by atoms with Gasteiger partial charge in [-0.2, -0.15) is 0 Å². The summed E-state index contributed by atoms with van der Waals surface area (Å²) in [4.78, 5) is 31.4. The van der Waals surface area contributed by atoms with Crippen LogP contribution in [0.4, 0.5) is 11.4 Å². The molecule has 0 atom stereocenters. The SMILES string of the molecule is CCc1ccccc1NC(=O)c1cncc(C(=O)N(CC)c2ccccc2)c1. The second kappa shape index (κ2) is 8.95. The summed E-state index contributed by atoms with van der Waals surface area (Å²) in [6.07, 6.45) is 3.78. The first-order valence-electron chi connectivity index (χ1n) is 9.35. The summed E-state index contributed by atoms with van der Waals surface area (Å²) in [6.45, 7) is 4.47. The largest absolute Gasteiger partial charge is 0.322 e. The number of hydrogen-bond acceptors (Lipinski definition) is 3. The standard InChI is InChI=1S/C23H23N3O2/c1-3-17-10-8-9-13-21(17)25-22(27)18-14-19(16-24-15-18)23(28)26(4-2)20-11-6-5-7-12-20/h5-16H,3-4H2,1-2H3,(H,25,27). The van der Waals surface area contributed by atoms with Crippen molar-refractivity contribution < 1.29 is 9.59 Å². The van der Waals surface area contributed by atoms with Crippen LogP contribution in [-0.4, -0.2) is 23.3 Å². The number of benzene rings is 2. The van der Waals surface area contributed by atoms with Gasteiger partial charge in [-0.15, -0.1) is 0 Å². The van der Waals surface area contributed by atoms with Crippen LogP contribution in [0.15, 0.2) is 73.1 Å². The zero-order valence-electron chi connectivity index (χ0n) is 16.1. The van der Waals surface area contributed by atoms with Crippen molar-refractivity contribution in [3.8, 4) is 0 Å². The number of anilines is 2. The van der Waals surface area contributed by atoms with Gasteiger partial charge >= 0.3 is 0 Å². The van der Waals surface area contributed by atoms with E-state index in [1.165, 1.54) is 12.4 Å². The van der Waals surface area contributed by atoms with Gasteiger partial charge in [0.2, 0.25) is 0 Å². The van der Waals surface area contributed by atoms with Crippen molar-refractivity contribution in [3.05, 3.63) is 89.7 Å². The highest BCUT2D eigenvalue weighted by Gasteiger charge is 2.18. The molecule has 0 aliphatic rings. The molecule has 0 saturated heterocycles. The lowest BCUT2D eigenvalue weighted by molar-refractivity contribution is 0.0988. The number of aromatic nitrogens is 1. The summed E-state index contributed by atoms with van der Waals surface area (Å²) in [5.41, 5.74) is 3.35. The predicted molar refractivity (Wildman–Crippen MR) is 112 cm³/mol. The fourth-order valence-corrected chi connectivity index (χ4v) is 3.03. The van der Waals surface area contributed by atoms with Gasteiger partial charge in [-0.05, 0) is 43.2 Å². The molecule has 0 unspecified atom stereocenters. The molecule has 1 heterocycles. The molecule has 0 spiro atoms. The molecule has 142 valence electrons. The van der Waals surface area contributed by atoms with E-state index in [1.54, 1.807) is 11.0 Å². The van der Waals surface area contributed by atoms with E-state index in [2.05, 4.69) is 10.3 Å². The van der Waals surface area contributed by atoms with Crippen molar-refractivity contribution in [1.82, 2.24) is 4.98 Å². The van der Waals surface area contributed by atoms with Crippen LogP contribution < -0.4 is 10.2 Å². The molecule has 0 bridgehead atoms. The molecule has 28 heavy (non-hydrogen) atoms. The van der Waals surface area contributed by atoms with Crippen molar-refractivity contribution in [3.63, 3.8) is 0 Å². The molecule has 0 fully saturated rings. The highest BCUT2D eigenvalue weighted by atomic mass is 16.2. The minimum Gasteiger partial charge on any atom is -0.322 e. The number of amides is 2. The lowest BCUT2D eigenvalue weighted by atomic mass is 10.1. The molecule has 2 aromatic carbocycles.